The Labute approximate surface area is 193 Å². The van der Waals surface area contributed by atoms with Crippen molar-refractivity contribution < 1.29 is 18.9 Å². The second-order valence-electron chi connectivity index (χ2n) is 11.5. The smallest absolute Gasteiger partial charge is 0.104 e. The Morgan fingerprint density at radius 2 is 1.34 bits per heavy atom. The summed E-state index contributed by atoms with van der Waals surface area (Å²) in [7, 11) is 0. The fourth-order valence-corrected chi connectivity index (χ4v) is 7.47. The Morgan fingerprint density at radius 3 is 1.91 bits per heavy atom. The quantitative estimate of drug-likeness (QED) is 0.325. The van der Waals surface area contributed by atoms with Gasteiger partial charge in [-0.25, -0.2) is 0 Å². The first kappa shape index (κ1) is 21.6. The molecule has 2 heterocycles. The van der Waals surface area contributed by atoms with Gasteiger partial charge in [0, 0.05) is 13.2 Å². The fourth-order valence-electron chi connectivity index (χ4n) is 7.47. The van der Waals surface area contributed by atoms with Crippen LogP contribution in [0.2, 0.25) is 0 Å². The Kier molecular flexibility index (Phi) is 6.32. The molecule has 2 unspecified atom stereocenters. The summed E-state index contributed by atoms with van der Waals surface area (Å²) in [5, 5.41) is 0. The first-order valence-corrected chi connectivity index (χ1v) is 13.3. The van der Waals surface area contributed by atoms with E-state index in [-0.39, 0.29) is 0 Å². The highest BCUT2D eigenvalue weighted by atomic mass is 16.6. The molecular formula is C28H40O4. The SMILES string of the molecule is c1cc(C23CC4CC(CC(C4)C2)C3)c(CCCOCC2CO2)cc1CCCOCC1CO1. The average molecular weight is 441 g/mol. The van der Waals surface area contributed by atoms with E-state index in [2.05, 4.69) is 18.2 Å². The molecule has 7 rings (SSSR count). The number of aryl methyl sites for hydroxylation is 2. The van der Waals surface area contributed by atoms with Crippen LogP contribution in [0.3, 0.4) is 0 Å². The van der Waals surface area contributed by atoms with Gasteiger partial charge < -0.3 is 18.9 Å². The van der Waals surface area contributed by atoms with Crippen LogP contribution in [0.4, 0.5) is 0 Å². The fraction of sp³-hybridized carbons (Fsp3) is 0.786. The van der Waals surface area contributed by atoms with E-state index in [9.17, 15) is 0 Å². The van der Waals surface area contributed by atoms with Gasteiger partial charge in [0.05, 0.1) is 26.4 Å². The summed E-state index contributed by atoms with van der Waals surface area (Å²) in [6, 6.07) is 7.51. The maximum Gasteiger partial charge on any atom is 0.104 e. The lowest BCUT2D eigenvalue weighted by atomic mass is 9.47. The molecule has 2 saturated heterocycles. The van der Waals surface area contributed by atoms with Crippen molar-refractivity contribution in [1.82, 2.24) is 0 Å². The third kappa shape index (κ3) is 5.09. The van der Waals surface area contributed by atoms with Crippen LogP contribution in [0.5, 0.6) is 0 Å². The molecule has 0 radical (unpaired) electrons. The third-order valence-corrected chi connectivity index (χ3v) is 8.68. The molecule has 176 valence electrons. The van der Waals surface area contributed by atoms with Crippen LogP contribution < -0.4 is 0 Å². The number of benzene rings is 1. The second kappa shape index (κ2) is 9.37. The zero-order valence-electron chi connectivity index (χ0n) is 19.6. The topological polar surface area (TPSA) is 43.5 Å². The van der Waals surface area contributed by atoms with Gasteiger partial charge in [0.1, 0.15) is 12.2 Å². The van der Waals surface area contributed by atoms with Gasteiger partial charge in [0.15, 0.2) is 0 Å². The van der Waals surface area contributed by atoms with Gasteiger partial charge in [-0.05, 0) is 104 Å². The molecule has 2 aliphatic heterocycles. The number of rotatable bonds is 13. The monoisotopic (exact) mass is 440 g/mol. The number of epoxide rings is 2. The summed E-state index contributed by atoms with van der Waals surface area (Å²) < 4.78 is 22.1. The number of ether oxygens (including phenoxy) is 4. The molecule has 1 aromatic rings. The summed E-state index contributed by atoms with van der Waals surface area (Å²) >= 11 is 0. The lowest BCUT2D eigenvalue weighted by Gasteiger charge is -2.57. The molecule has 4 saturated carbocycles. The Morgan fingerprint density at radius 1 is 0.781 bits per heavy atom. The number of hydrogen-bond acceptors (Lipinski definition) is 4. The van der Waals surface area contributed by atoms with Gasteiger partial charge in [0.25, 0.3) is 0 Å². The molecule has 0 aromatic heterocycles. The van der Waals surface area contributed by atoms with Crippen LogP contribution in [0.25, 0.3) is 0 Å². The Balaban J connectivity index is 1.12. The normalized spacial score (nSPS) is 36.6. The Bertz CT molecular complexity index is 746. The van der Waals surface area contributed by atoms with Crippen molar-refractivity contribution >= 4 is 0 Å². The molecular weight excluding hydrogens is 400 g/mol. The van der Waals surface area contributed by atoms with Crippen LogP contribution in [-0.2, 0) is 37.2 Å². The van der Waals surface area contributed by atoms with Crippen LogP contribution in [0, 0.1) is 17.8 Å². The summed E-state index contributed by atoms with van der Waals surface area (Å²) in [6.07, 6.45) is 14.0. The second-order valence-corrected chi connectivity index (χ2v) is 11.5. The predicted molar refractivity (Wildman–Crippen MR) is 124 cm³/mol. The van der Waals surface area contributed by atoms with E-state index in [1.165, 1.54) is 44.1 Å². The molecule has 6 fully saturated rings. The molecule has 2 atom stereocenters. The molecule has 0 spiro atoms. The van der Waals surface area contributed by atoms with Crippen LogP contribution in [0.1, 0.15) is 68.1 Å². The summed E-state index contributed by atoms with van der Waals surface area (Å²) in [6.45, 7) is 4.99. The first-order chi connectivity index (χ1) is 15.8. The van der Waals surface area contributed by atoms with E-state index in [1.807, 2.05) is 0 Å². The van der Waals surface area contributed by atoms with Crippen molar-refractivity contribution in [2.75, 3.05) is 39.6 Å². The van der Waals surface area contributed by atoms with Gasteiger partial charge in [-0.2, -0.15) is 0 Å². The summed E-state index contributed by atoms with van der Waals surface area (Å²) in [5.41, 5.74) is 5.27. The maximum absolute atomic E-state index is 5.86. The van der Waals surface area contributed by atoms with Gasteiger partial charge in [-0.15, -0.1) is 0 Å². The van der Waals surface area contributed by atoms with E-state index in [1.54, 1.807) is 11.1 Å². The maximum atomic E-state index is 5.86. The van der Waals surface area contributed by atoms with E-state index < -0.39 is 0 Å². The van der Waals surface area contributed by atoms with Crippen molar-refractivity contribution in [3.8, 4) is 0 Å². The molecule has 32 heavy (non-hydrogen) atoms. The van der Waals surface area contributed by atoms with Crippen molar-refractivity contribution in [1.29, 1.82) is 0 Å². The largest absolute Gasteiger partial charge is 0.379 e. The minimum atomic E-state index is 0.370. The molecule has 4 aliphatic carbocycles. The lowest BCUT2D eigenvalue weighted by Crippen LogP contribution is -2.49. The highest BCUT2D eigenvalue weighted by Gasteiger charge is 2.52. The van der Waals surface area contributed by atoms with Gasteiger partial charge >= 0.3 is 0 Å². The lowest BCUT2D eigenvalue weighted by molar-refractivity contribution is -0.00563. The van der Waals surface area contributed by atoms with Crippen molar-refractivity contribution in [3.05, 3.63) is 34.9 Å². The standard InChI is InChI=1S/C28H40O4/c1(7-29-16-25-18-31-25)3-20-5-6-27(24(12-20)4-2-8-30-17-26-19-32-26)28-13-21-9-22(14-28)11-23(10-21)15-28/h5-6,12,21-23,25-26H,1-4,7-11,13-19H2. The predicted octanol–water partition coefficient (Wildman–Crippen LogP) is 4.85. The van der Waals surface area contributed by atoms with Gasteiger partial charge in [-0.1, -0.05) is 18.2 Å². The summed E-state index contributed by atoms with van der Waals surface area (Å²) in [5.74, 6) is 2.97. The van der Waals surface area contributed by atoms with E-state index in [0.717, 1.165) is 83.1 Å². The minimum Gasteiger partial charge on any atom is -0.379 e. The zero-order chi connectivity index (χ0) is 21.4. The molecule has 6 aliphatic rings. The van der Waals surface area contributed by atoms with Crippen molar-refractivity contribution in [2.24, 2.45) is 17.8 Å². The van der Waals surface area contributed by atoms with Gasteiger partial charge in [-0.3, -0.25) is 0 Å². The van der Waals surface area contributed by atoms with Crippen LogP contribution in [-0.4, -0.2) is 51.8 Å². The molecule has 0 N–H and O–H groups in total. The van der Waals surface area contributed by atoms with Crippen LogP contribution in [0.15, 0.2) is 18.2 Å². The summed E-state index contributed by atoms with van der Waals surface area (Å²) in [4.78, 5) is 0. The van der Waals surface area contributed by atoms with Crippen LogP contribution >= 0.6 is 0 Å². The van der Waals surface area contributed by atoms with Gasteiger partial charge in [0.2, 0.25) is 0 Å². The molecule has 0 amide bonds. The molecule has 4 bridgehead atoms. The van der Waals surface area contributed by atoms with E-state index in [0.29, 0.717) is 17.6 Å². The van der Waals surface area contributed by atoms with Crippen molar-refractivity contribution in [3.63, 3.8) is 0 Å². The number of hydrogen-bond donors (Lipinski definition) is 0. The Hall–Kier alpha value is -0.940. The molecule has 4 nitrogen and oxygen atoms in total. The zero-order valence-corrected chi connectivity index (χ0v) is 19.6. The average Bonchev–Trinajstić information content (AvgIpc) is 3.68. The first-order valence-electron chi connectivity index (χ1n) is 13.3. The molecule has 4 heteroatoms. The van der Waals surface area contributed by atoms with E-state index >= 15 is 0 Å². The van der Waals surface area contributed by atoms with Crippen molar-refractivity contribution in [2.45, 2.75) is 81.8 Å². The minimum absolute atomic E-state index is 0.370. The highest BCUT2D eigenvalue weighted by molar-refractivity contribution is 5.40. The van der Waals surface area contributed by atoms with E-state index in [4.69, 9.17) is 18.9 Å². The molecule has 1 aromatic carbocycles. The highest BCUT2D eigenvalue weighted by Crippen LogP contribution is 2.61. The third-order valence-electron chi connectivity index (χ3n) is 8.68.